The van der Waals surface area contributed by atoms with Gasteiger partial charge in [0.15, 0.2) is 0 Å². The van der Waals surface area contributed by atoms with Crippen LogP contribution in [0.15, 0.2) is 0 Å². The Morgan fingerprint density at radius 1 is 1.50 bits per heavy atom. The van der Waals surface area contributed by atoms with Crippen molar-refractivity contribution in [1.29, 1.82) is 0 Å². The van der Waals surface area contributed by atoms with Gasteiger partial charge in [-0.15, -0.1) is 0 Å². The van der Waals surface area contributed by atoms with Crippen LogP contribution in [0.5, 0.6) is 0 Å². The third kappa shape index (κ3) is 4.39. The van der Waals surface area contributed by atoms with E-state index in [9.17, 15) is 8.42 Å². The molecule has 0 saturated heterocycles. The molecule has 0 aromatic heterocycles. The van der Waals surface area contributed by atoms with Gasteiger partial charge in [0.05, 0.1) is 5.75 Å². The Morgan fingerprint density at radius 3 is 2.57 bits per heavy atom. The van der Waals surface area contributed by atoms with E-state index in [2.05, 4.69) is 19.2 Å². The van der Waals surface area contributed by atoms with Crippen molar-refractivity contribution in [1.82, 2.24) is 5.32 Å². The largest absolute Gasteiger partial charge is 0.313 e. The van der Waals surface area contributed by atoms with Gasteiger partial charge in [-0.05, 0) is 24.7 Å². The predicted molar refractivity (Wildman–Crippen MR) is 57.4 cm³/mol. The maximum Gasteiger partial charge on any atom is 0.210 e. The molecule has 1 saturated carbocycles. The zero-order valence-electron chi connectivity index (χ0n) is 8.91. The van der Waals surface area contributed by atoms with E-state index in [0.29, 0.717) is 18.0 Å². The van der Waals surface area contributed by atoms with Gasteiger partial charge in [-0.1, -0.05) is 13.8 Å². The van der Waals surface area contributed by atoms with Crippen molar-refractivity contribution in [3.63, 3.8) is 0 Å². The standard InChI is InChI=1S/C9H20N2O2S/c1-9(2)4-3-8(7-9)11-5-6-14(10,12)13/h8,11H,3-7H2,1-2H3,(H2,10,12,13). The number of primary sulfonamides is 1. The predicted octanol–water partition coefficient (Wildman–Crippen LogP) is 0.443. The Morgan fingerprint density at radius 2 is 2.14 bits per heavy atom. The molecule has 3 N–H and O–H groups in total. The van der Waals surface area contributed by atoms with Crippen LogP contribution in [-0.4, -0.2) is 26.8 Å². The van der Waals surface area contributed by atoms with Gasteiger partial charge < -0.3 is 5.32 Å². The third-order valence-corrected chi connectivity index (χ3v) is 3.56. The molecule has 14 heavy (non-hydrogen) atoms. The number of sulfonamides is 1. The molecule has 4 nitrogen and oxygen atoms in total. The Hall–Kier alpha value is -0.130. The Kier molecular flexibility index (Phi) is 3.55. The molecule has 84 valence electrons. The summed E-state index contributed by atoms with van der Waals surface area (Å²) in [6, 6.07) is 0.465. The minimum Gasteiger partial charge on any atom is -0.313 e. The molecule has 1 atom stereocenters. The number of hydrogen-bond acceptors (Lipinski definition) is 3. The summed E-state index contributed by atoms with van der Waals surface area (Å²) < 4.78 is 21.3. The minimum atomic E-state index is -3.31. The Bertz CT molecular complexity index is 285. The molecule has 0 aromatic rings. The summed E-state index contributed by atoms with van der Waals surface area (Å²) in [6.07, 6.45) is 3.47. The smallest absolute Gasteiger partial charge is 0.210 e. The number of nitrogens with two attached hydrogens (primary N) is 1. The molecule has 1 unspecified atom stereocenters. The van der Waals surface area contributed by atoms with E-state index in [4.69, 9.17) is 5.14 Å². The second-order valence-corrected chi connectivity index (χ2v) is 6.66. The molecule has 0 amide bonds. The van der Waals surface area contributed by atoms with Gasteiger partial charge in [0.2, 0.25) is 10.0 Å². The second-order valence-electron chi connectivity index (χ2n) is 4.93. The first-order valence-electron chi connectivity index (χ1n) is 5.02. The van der Waals surface area contributed by atoms with Crippen LogP contribution >= 0.6 is 0 Å². The zero-order valence-corrected chi connectivity index (χ0v) is 9.73. The maximum absolute atomic E-state index is 10.7. The van der Waals surface area contributed by atoms with Crippen LogP contribution in [0.1, 0.15) is 33.1 Å². The lowest BCUT2D eigenvalue weighted by molar-refractivity contribution is 0.366. The number of nitrogens with one attached hydrogen (secondary N) is 1. The fraction of sp³-hybridized carbons (Fsp3) is 1.00. The number of hydrogen-bond donors (Lipinski definition) is 2. The summed E-state index contributed by atoms with van der Waals surface area (Å²) in [7, 11) is -3.31. The Balaban J connectivity index is 2.22. The molecular weight excluding hydrogens is 200 g/mol. The zero-order chi connectivity index (χ0) is 10.8. The van der Waals surface area contributed by atoms with E-state index in [0.717, 1.165) is 12.8 Å². The van der Waals surface area contributed by atoms with E-state index in [1.807, 2.05) is 0 Å². The highest BCUT2D eigenvalue weighted by Crippen LogP contribution is 2.36. The van der Waals surface area contributed by atoms with E-state index < -0.39 is 10.0 Å². The van der Waals surface area contributed by atoms with Gasteiger partial charge in [0.1, 0.15) is 0 Å². The number of rotatable bonds is 4. The minimum absolute atomic E-state index is 0.0317. The van der Waals surface area contributed by atoms with Gasteiger partial charge >= 0.3 is 0 Å². The fourth-order valence-electron chi connectivity index (χ4n) is 2.02. The van der Waals surface area contributed by atoms with Crippen LogP contribution in [0.2, 0.25) is 0 Å². The van der Waals surface area contributed by atoms with E-state index >= 15 is 0 Å². The van der Waals surface area contributed by atoms with Gasteiger partial charge in [-0.2, -0.15) is 0 Å². The van der Waals surface area contributed by atoms with Crippen molar-refractivity contribution in [3.8, 4) is 0 Å². The Labute approximate surface area is 86.3 Å². The summed E-state index contributed by atoms with van der Waals surface area (Å²) in [6.45, 7) is 4.96. The van der Waals surface area contributed by atoms with E-state index in [1.54, 1.807) is 0 Å². The molecular formula is C9H20N2O2S. The monoisotopic (exact) mass is 220 g/mol. The molecule has 1 fully saturated rings. The highest BCUT2D eigenvalue weighted by molar-refractivity contribution is 7.89. The van der Waals surface area contributed by atoms with Gasteiger partial charge in [-0.25, -0.2) is 13.6 Å². The van der Waals surface area contributed by atoms with Crippen LogP contribution in [-0.2, 0) is 10.0 Å². The molecule has 0 aliphatic heterocycles. The molecule has 0 radical (unpaired) electrons. The molecule has 0 heterocycles. The molecule has 0 aromatic carbocycles. The third-order valence-electron chi connectivity index (χ3n) is 2.79. The van der Waals surface area contributed by atoms with Crippen LogP contribution in [0, 0.1) is 5.41 Å². The summed E-state index contributed by atoms with van der Waals surface area (Å²) in [5.41, 5.74) is 0.402. The van der Waals surface area contributed by atoms with Gasteiger partial charge in [0, 0.05) is 12.6 Å². The van der Waals surface area contributed by atoms with Gasteiger partial charge in [-0.3, -0.25) is 0 Å². The highest BCUT2D eigenvalue weighted by atomic mass is 32.2. The van der Waals surface area contributed by atoms with Crippen LogP contribution < -0.4 is 10.5 Å². The van der Waals surface area contributed by atoms with Crippen LogP contribution in [0.25, 0.3) is 0 Å². The van der Waals surface area contributed by atoms with Crippen molar-refractivity contribution in [2.24, 2.45) is 10.6 Å². The first kappa shape index (κ1) is 11.9. The first-order chi connectivity index (χ1) is 6.29. The summed E-state index contributed by atoms with van der Waals surface area (Å²) in [5, 5.41) is 8.14. The summed E-state index contributed by atoms with van der Waals surface area (Å²) in [5.74, 6) is 0.0317. The topological polar surface area (TPSA) is 72.2 Å². The average molecular weight is 220 g/mol. The van der Waals surface area contributed by atoms with E-state index in [1.165, 1.54) is 6.42 Å². The van der Waals surface area contributed by atoms with Crippen molar-refractivity contribution in [3.05, 3.63) is 0 Å². The SMILES string of the molecule is CC1(C)CCC(NCCS(N)(=O)=O)C1. The molecule has 1 rings (SSSR count). The molecule has 1 aliphatic rings. The van der Waals surface area contributed by atoms with Gasteiger partial charge in [0.25, 0.3) is 0 Å². The lowest BCUT2D eigenvalue weighted by atomic mass is 9.92. The fourth-order valence-corrected chi connectivity index (χ4v) is 2.42. The average Bonchev–Trinajstić information content (AvgIpc) is 2.27. The quantitative estimate of drug-likeness (QED) is 0.722. The van der Waals surface area contributed by atoms with Crippen molar-refractivity contribution < 1.29 is 8.42 Å². The normalized spacial score (nSPS) is 26.6. The summed E-state index contributed by atoms with van der Waals surface area (Å²) in [4.78, 5) is 0. The van der Waals surface area contributed by atoms with Crippen molar-refractivity contribution in [2.75, 3.05) is 12.3 Å². The molecule has 0 bridgehead atoms. The van der Waals surface area contributed by atoms with Crippen LogP contribution in [0.4, 0.5) is 0 Å². The van der Waals surface area contributed by atoms with Crippen molar-refractivity contribution in [2.45, 2.75) is 39.2 Å². The molecule has 0 spiro atoms. The lowest BCUT2D eigenvalue weighted by Crippen LogP contribution is -2.33. The van der Waals surface area contributed by atoms with Crippen LogP contribution in [0.3, 0.4) is 0 Å². The first-order valence-corrected chi connectivity index (χ1v) is 6.74. The second kappa shape index (κ2) is 4.16. The van der Waals surface area contributed by atoms with Crippen molar-refractivity contribution >= 4 is 10.0 Å². The maximum atomic E-state index is 10.7. The molecule has 1 aliphatic carbocycles. The van der Waals surface area contributed by atoms with E-state index in [-0.39, 0.29) is 5.75 Å². The lowest BCUT2D eigenvalue weighted by Gasteiger charge is -2.17. The molecule has 5 heteroatoms. The highest BCUT2D eigenvalue weighted by Gasteiger charge is 2.30. The summed E-state index contributed by atoms with van der Waals surface area (Å²) >= 11 is 0.